The Hall–Kier alpha value is -1.95. The summed E-state index contributed by atoms with van der Waals surface area (Å²) < 4.78 is 0. The Morgan fingerprint density at radius 3 is 2.52 bits per heavy atom. The summed E-state index contributed by atoms with van der Waals surface area (Å²) in [5, 5.41) is 2.92. The quantitative estimate of drug-likeness (QED) is 0.859. The minimum absolute atomic E-state index is 0.00708. The number of nitrogens with one attached hydrogen (secondary N) is 1. The van der Waals surface area contributed by atoms with Crippen LogP contribution in [0.4, 0.5) is 0 Å². The van der Waals surface area contributed by atoms with E-state index in [1.54, 1.807) is 12.4 Å². The van der Waals surface area contributed by atoms with Crippen molar-refractivity contribution in [2.75, 3.05) is 32.7 Å². The van der Waals surface area contributed by atoms with Crippen LogP contribution in [0.3, 0.4) is 0 Å². The number of amides is 2. The van der Waals surface area contributed by atoms with Crippen LogP contribution in [0, 0.1) is 11.8 Å². The van der Waals surface area contributed by atoms with Gasteiger partial charge in [-0.25, -0.2) is 0 Å². The Morgan fingerprint density at radius 1 is 1.17 bits per heavy atom. The van der Waals surface area contributed by atoms with Gasteiger partial charge in [0.2, 0.25) is 11.8 Å². The van der Waals surface area contributed by atoms with Crippen molar-refractivity contribution in [3.63, 3.8) is 0 Å². The summed E-state index contributed by atoms with van der Waals surface area (Å²) >= 11 is 0. The van der Waals surface area contributed by atoms with Gasteiger partial charge in [-0.1, -0.05) is 6.92 Å². The lowest BCUT2D eigenvalue weighted by molar-refractivity contribution is -0.136. The van der Waals surface area contributed by atoms with E-state index in [0.29, 0.717) is 13.0 Å². The van der Waals surface area contributed by atoms with Gasteiger partial charge in [-0.3, -0.25) is 14.6 Å². The number of piperazine rings is 1. The highest BCUT2D eigenvalue weighted by Gasteiger charge is 2.49. The van der Waals surface area contributed by atoms with E-state index in [9.17, 15) is 9.59 Å². The summed E-state index contributed by atoms with van der Waals surface area (Å²) in [7, 11) is 0. The number of nitrogens with zero attached hydrogens (tertiary/aromatic N) is 3. The molecule has 1 aromatic heterocycles. The Labute approximate surface area is 136 Å². The molecule has 2 aliphatic rings. The molecule has 0 spiro atoms. The van der Waals surface area contributed by atoms with Gasteiger partial charge in [0.15, 0.2) is 0 Å². The second-order valence-electron chi connectivity index (χ2n) is 6.28. The van der Waals surface area contributed by atoms with Crippen molar-refractivity contribution in [3.05, 3.63) is 30.1 Å². The molecule has 2 amide bonds. The highest BCUT2D eigenvalue weighted by Crippen LogP contribution is 2.40. The molecule has 0 bridgehead atoms. The van der Waals surface area contributed by atoms with Crippen molar-refractivity contribution in [1.82, 2.24) is 20.1 Å². The van der Waals surface area contributed by atoms with Gasteiger partial charge < -0.3 is 15.1 Å². The van der Waals surface area contributed by atoms with Crippen LogP contribution < -0.4 is 5.32 Å². The van der Waals surface area contributed by atoms with E-state index in [4.69, 9.17) is 0 Å². The highest BCUT2D eigenvalue weighted by molar-refractivity contribution is 5.92. The minimum Gasteiger partial charge on any atom is -0.352 e. The van der Waals surface area contributed by atoms with Crippen molar-refractivity contribution in [1.29, 1.82) is 0 Å². The van der Waals surface area contributed by atoms with E-state index in [1.165, 1.54) is 0 Å². The van der Waals surface area contributed by atoms with E-state index >= 15 is 0 Å². The van der Waals surface area contributed by atoms with Crippen LogP contribution in [0.5, 0.6) is 0 Å². The van der Waals surface area contributed by atoms with Crippen LogP contribution in [-0.2, 0) is 16.1 Å². The summed E-state index contributed by atoms with van der Waals surface area (Å²) in [5.74, 6) is -0.105. The lowest BCUT2D eigenvalue weighted by atomic mass is 10.2. The van der Waals surface area contributed by atoms with E-state index in [-0.39, 0.29) is 23.7 Å². The second-order valence-corrected chi connectivity index (χ2v) is 6.28. The zero-order valence-corrected chi connectivity index (χ0v) is 13.6. The van der Waals surface area contributed by atoms with Gasteiger partial charge in [-0.2, -0.15) is 0 Å². The summed E-state index contributed by atoms with van der Waals surface area (Å²) in [6.45, 7) is 7.12. The number of likely N-dealkylation sites (N-methyl/N-ethyl adjacent to an activating group) is 1. The minimum atomic E-state index is -0.145. The molecule has 1 saturated carbocycles. The van der Waals surface area contributed by atoms with Crippen molar-refractivity contribution in [2.24, 2.45) is 11.8 Å². The first-order chi connectivity index (χ1) is 11.2. The van der Waals surface area contributed by atoms with Gasteiger partial charge in [0.1, 0.15) is 0 Å². The number of pyridine rings is 1. The molecule has 2 heterocycles. The first-order valence-electron chi connectivity index (χ1n) is 8.36. The summed E-state index contributed by atoms with van der Waals surface area (Å²) in [6, 6.07) is 3.76. The summed E-state index contributed by atoms with van der Waals surface area (Å²) in [5.41, 5.74) is 1.02. The Kier molecular flexibility index (Phi) is 4.91. The van der Waals surface area contributed by atoms with Gasteiger partial charge in [0, 0.05) is 45.1 Å². The van der Waals surface area contributed by atoms with E-state index in [0.717, 1.165) is 38.3 Å². The van der Waals surface area contributed by atoms with Gasteiger partial charge >= 0.3 is 0 Å². The first-order valence-corrected chi connectivity index (χ1v) is 8.36. The lowest BCUT2D eigenvalue weighted by Gasteiger charge is -2.34. The third kappa shape index (κ3) is 3.88. The average molecular weight is 316 g/mol. The number of carbonyl (C=O) groups excluding carboxylic acids is 2. The monoisotopic (exact) mass is 316 g/mol. The molecule has 2 fully saturated rings. The average Bonchev–Trinajstić information content (AvgIpc) is 3.41. The van der Waals surface area contributed by atoms with Crippen LogP contribution in [0.15, 0.2) is 24.5 Å². The van der Waals surface area contributed by atoms with Gasteiger partial charge in [-0.15, -0.1) is 0 Å². The topological polar surface area (TPSA) is 65.5 Å². The molecular weight excluding hydrogens is 292 g/mol. The maximum Gasteiger partial charge on any atom is 0.226 e. The number of carbonyl (C=O) groups is 2. The zero-order chi connectivity index (χ0) is 16.2. The number of hydrogen-bond acceptors (Lipinski definition) is 4. The van der Waals surface area contributed by atoms with Crippen molar-refractivity contribution >= 4 is 11.8 Å². The van der Waals surface area contributed by atoms with E-state index in [2.05, 4.69) is 22.1 Å². The predicted molar refractivity (Wildman–Crippen MR) is 86.4 cm³/mol. The fraction of sp³-hybridized carbons (Fsp3) is 0.588. The third-order valence-corrected chi connectivity index (χ3v) is 4.79. The molecule has 1 N–H and O–H groups in total. The Morgan fingerprint density at radius 2 is 1.87 bits per heavy atom. The third-order valence-electron chi connectivity index (χ3n) is 4.79. The largest absolute Gasteiger partial charge is 0.352 e. The predicted octanol–water partition coefficient (Wildman–Crippen LogP) is 0.498. The zero-order valence-electron chi connectivity index (χ0n) is 13.6. The van der Waals surface area contributed by atoms with Gasteiger partial charge in [0.05, 0.1) is 11.8 Å². The van der Waals surface area contributed by atoms with Crippen molar-refractivity contribution in [2.45, 2.75) is 19.9 Å². The molecule has 2 atom stereocenters. The number of rotatable bonds is 5. The fourth-order valence-electron chi connectivity index (χ4n) is 3.10. The smallest absolute Gasteiger partial charge is 0.226 e. The number of hydrogen-bond donors (Lipinski definition) is 1. The maximum atomic E-state index is 12.5. The van der Waals surface area contributed by atoms with Gasteiger partial charge in [-0.05, 0) is 30.7 Å². The molecule has 0 radical (unpaired) electrons. The molecule has 2 unspecified atom stereocenters. The standard InChI is InChI=1S/C17H24N4O2/c1-2-20-7-9-21(10-8-20)17(23)15-11-14(15)16(22)19-12-13-3-5-18-6-4-13/h3-6,14-15H,2,7-12H2,1H3,(H,19,22). The summed E-state index contributed by atoms with van der Waals surface area (Å²) in [4.78, 5) is 32.9. The molecule has 124 valence electrons. The van der Waals surface area contributed by atoms with Crippen molar-refractivity contribution in [3.8, 4) is 0 Å². The maximum absolute atomic E-state index is 12.5. The number of aromatic nitrogens is 1. The molecule has 1 aromatic rings. The first kappa shape index (κ1) is 15.9. The highest BCUT2D eigenvalue weighted by atomic mass is 16.2. The Bertz CT molecular complexity index is 555. The van der Waals surface area contributed by atoms with E-state index < -0.39 is 0 Å². The molecule has 1 saturated heterocycles. The van der Waals surface area contributed by atoms with Crippen LogP contribution in [-0.4, -0.2) is 59.3 Å². The summed E-state index contributed by atoms with van der Waals surface area (Å²) in [6.07, 6.45) is 4.11. The molecule has 6 nitrogen and oxygen atoms in total. The lowest BCUT2D eigenvalue weighted by Crippen LogP contribution is -2.49. The molecule has 1 aliphatic heterocycles. The Balaban J connectivity index is 1.43. The second kappa shape index (κ2) is 7.08. The van der Waals surface area contributed by atoms with Crippen molar-refractivity contribution < 1.29 is 9.59 Å². The molecule has 23 heavy (non-hydrogen) atoms. The van der Waals surface area contributed by atoms with Crippen LogP contribution >= 0.6 is 0 Å². The van der Waals surface area contributed by atoms with Gasteiger partial charge in [0.25, 0.3) is 0 Å². The van der Waals surface area contributed by atoms with E-state index in [1.807, 2.05) is 17.0 Å². The molecule has 6 heteroatoms. The molecular formula is C17H24N4O2. The normalized spacial score (nSPS) is 24.3. The van der Waals surface area contributed by atoms with Crippen LogP contribution in [0.25, 0.3) is 0 Å². The van der Waals surface area contributed by atoms with Crippen LogP contribution in [0.2, 0.25) is 0 Å². The molecule has 0 aromatic carbocycles. The molecule has 1 aliphatic carbocycles. The SMILES string of the molecule is CCN1CCN(C(=O)C2CC2C(=O)NCc2ccncc2)CC1. The van der Waals surface area contributed by atoms with Crippen LogP contribution in [0.1, 0.15) is 18.9 Å². The fourth-order valence-corrected chi connectivity index (χ4v) is 3.10. The molecule has 3 rings (SSSR count).